The molecule has 0 aromatic carbocycles. The van der Waals surface area contributed by atoms with E-state index < -0.39 is 5.97 Å². The second-order valence-corrected chi connectivity index (χ2v) is 2.82. The van der Waals surface area contributed by atoms with Crippen molar-refractivity contribution in [2.75, 3.05) is 0 Å². The third kappa shape index (κ3) is 1.53. The van der Waals surface area contributed by atoms with Crippen molar-refractivity contribution in [3.8, 4) is 0 Å². The van der Waals surface area contributed by atoms with E-state index in [2.05, 4.69) is 10.1 Å². The molecule has 5 nitrogen and oxygen atoms in total. The molecular weight excluding hydrogens is 170 g/mol. The van der Waals surface area contributed by atoms with Gasteiger partial charge in [0.1, 0.15) is 0 Å². The Hall–Kier alpha value is -1.78. The van der Waals surface area contributed by atoms with E-state index in [4.69, 9.17) is 5.11 Å². The predicted octanol–water partition coefficient (Wildman–Crippen LogP) is 0.680. The van der Waals surface area contributed by atoms with Gasteiger partial charge in [-0.3, -0.25) is 4.79 Å². The van der Waals surface area contributed by atoms with Crippen molar-refractivity contribution in [3.05, 3.63) is 24.2 Å². The van der Waals surface area contributed by atoms with E-state index in [1.165, 1.54) is 0 Å². The van der Waals surface area contributed by atoms with Crippen LogP contribution in [0.5, 0.6) is 0 Å². The van der Waals surface area contributed by atoms with Gasteiger partial charge in [0.05, 0.1) is 18.3 Å². The summed E-state index contributed by atoms with van der Waals surface area (Å²) in [5.41, 5.74) is 1.62. The lowest BCUT2D eigenvalue weighted by atomic mass is 10.2. The quantitative estimate of drug-likeness (QED) is 0.727. The molecule has 0 bridgehead atoms. The summed E-state index contributed by atoms with van der Waals surface area (Å²) in [4.78, 5) is 14.5. The first-order chi connectivity index (χ1) is 6.25. The van der Waals surface area contributed by atoms with E-state index in [1.54, 1.807) is 16.9 Å². The molecule has 2 heterocycles. The number of imidazole rings is 1. The molecule has 2 aromatic rings. The van der Waals surface area contributed by atoms with E-state index >= 15 is 0 Å². The molecule has 0 saturated heterocycles. The average Bonchev–Trinajstić information content (AvgIpc) is 2.58. The fourth-order valence-electron chi connectivity index (χ4n) is 1.21. The fraction of sp³-hybridized carbons (Fsp3) is 0.250. The largest absolute Gasteiger partial charge is 0.481 e. The number of aryl methyl sites for hydroxylation is 1. The van der Waals surface area contributed by atoms with Crippen LogP contribution in [0.25, 0.3) is 5.65 Å². The zero-order chi connectivity index (χ0) is 9.26. The van der Waals surface area contributed by atoms with E-state index in [1.807, 2.05) is 6.07 Å². The number of fused-ring (bicyclic) bond motifs is 1. The number of aromatic nitrogens is 3. The third-order valence-corrected chi connectivity index (χ3v) is 1.82. The summed E-state index contributed by atoms with van der Waals surface area (Å²) in [5.74, 6) is -0.795. The first-order valence-corrected chi connectivity index (χ1v) is 3.99. The molecule has 2 aromatic heterocycles. The SMILES string of the molecule is O=C(O)CCc1cn2[nH]ccc2n1. The van der Waals surface area contributed by atoms with E-state index in [-0.39, 0.29) is 6.42 Å². The predicted molar refractivity (Wildman–Crippen MR) is 45.5 cm³/mol. The lowest BCUT2D eigenvalue weighted by Crippen LogP contribution is -1.97. The topological polar surface area (TPSA) is 70.4 Å². The van der Waals surface area contributed by atoms with Gasteiger partial charge < -0.3 is 10.2 Å². The molecule has 0 fully saturated rings. The highest BCUT2D eigenvalue weighted by molar-refractivity contribution is 5.67. The standard InChI is InChI=1S/C8H9N3O2/c12-8(13)2-1-6-5-11-7(10-6)3-4-9-11/h3-5,9H,1-2H2,(H,12,13). The van der Waals surface area contributed by atoms with E-state index in [0.717, 1.165) is 11.3 Å². The molecule has 0 amide bonds. The molecule has 0 spiro atoms. The number of H-pyrrole nitrogens is 1. The van der Waals surface area contributed by atoms with Gasteiger partial charge in [-0.15, -0.1) is 0 Å². The Kier molecular flexibility index (Phi) is 1.77. The fourth-order valence-corrected chi connectivity index (χ4v) is 1.21. The molecule has 0 unspecified atom stereocenters. The van der Waals surface area contributed by atoms with Gasteiger partial charge in [0.25, 0.3) is 0 Å². The summed E-state index contributed by atoms with van der Waals surface area (Å²) in [6.45, 7) is 0. The number of hydrogen-bond acceptors (Lipinski definition) is 2. The lowest BCUT2D eigenvalue weighted by molar-refractivity contribution is -0.136. The number of aliphatic carboxylic acids is 1. The van der Waals surface area contributed by atoms with Crippen molar-refractivity contribution in [1.29, 1.82) is 0 Å². The number of aromatic amines is 1. The highest BCUT2D eigenvalue weighted by Gasteiger charge is 2.03. The smallest absolute Gasteiger partial charge is 0.303 e. The summed E-state index contributed by atoms with van der Waals surface area (Å²) in [6, 6.07) is 1.84. The van der Waals surface area contributed by atoms with Crippen LogP contribution in [0.15, 0.2) is 18.5 Å². The van der Waals surface area contributed by atoms with Crippen LogP contribution in [0.2, 0.25) is 0 Å². The Morgan fingerprint density at radius 3 is 3.23 bits per heavy atom. The Labute approximate surface area is 74.0 Å². The van der Waals surface area contributed by atoms with Crippen LogP contribution < -0.4 is 0 Å². The van der Waals surface area contributed by atoms with Gasteiger partial charge in [-0.05, 0) is 0 Å². The summed E-state index contributed by atoms with van der Waals surface area (Å²) < 4.78 is 1.76. The Morgan fingerprint density at radius 2 is 2.54 bits per heavy atom. The normalized spacial score (nSPS) is 10.8. The van der Waals surface area contributed by atoms with Crippen LogP contribution in [0.3, 0.4) is 0 Å². The van der Waals surface area contributed by atoms with E-state index in [9.17, 15) is 4.79 Å². The van der Waals surface area contributed by atoms with Crippen LogP contribution in [-0.4, -0.2) is 25.7 Å². The zero-order valence-corrected chi connectivity index (χ0v) is 6.90. The first-order valence-electron chi connectivity index (χ1n) is 3.99. The third-order valence-electron chi connectivity index (χ3n) is 1.82. The maximum absolute atomic E-state index is 10.3. The van der Waals surface area contributed by atoms with Gasteiger partial charge in [-0.2, -0.15) is 0 Å². The number of nitrogens with one attached hydrogen (secondary N) is 1. The monoisotopic (exact) mass is 179 g/mol. The van der Waals surface area contributed by atoms with Gasteiger partial charge in [0.15, 0.2) is 5.65 Å². The second-order valence-electron chi connectivity index (χ2n) is 2.82. The molecule has 0 aliphatic heterocycles. The molecule has 5 heteroatoms. The van der Waals surface area contributed by atoms with Crippen molar-refractivity contribution in [2.24, 2.45) is 0 Å². The van der Waals surface area contributed by atoms with Crippen LogP contribution in [0.4, 0.5) is 0 Å². The number of nitrogens with zero attached hydrogens (tertiary/aromatic N) is 2. The maximum atomic E-state index is 10.3. The second kappa shape index (κ2) is 2.93. The molecule has 13 heavy (non-hydrogen) atoms. The molecule has 0 atom stereocenters. The van der Waals surface area contributed by atoms with Crippen molar-refractivity contribution >= 4 is 11.6 Å². The van der Waals surface area contributed by atoms with Crippen molar-refractivity contribution in [3.63, 3.8) is 0 Å². The van der Waals surface area contributed by atoms with Gasteiger partial charge in [0.2, 0.25) is 0 Å². The summed E-state index contributed by atoms with van der Waals surface area (Å²) in [5, 5.41) is 11.4. The Balaban J connectivity index is 2.15. The number of rotatable bonds is 3. The molecular formula is C8H9N3O2. The van der Waals surface area contributed by atoms with Crippen LogP contribution in [-0.2, 0) is 11.2 Å². The van der Waals surface area contributed by atoms with Crippen LogP contribution in [0.1, 0.15) is 12.1 Å². The van der Waals surface area contributed by atoms with Gasteiger partial charge in [0, 0.05) is 18.7 Å². The molecule has 0 aliphatic carbocycles. The summed E-state index contributed by atoms with van der Waals surface area (Å²) >= 11 is 0. The van der Waals surface area contributed by atoms with Crippen LogP contribution >= 0.6 is 0 Å². The highest BCUT2D eigenvalue weighted by atomic mass is 16.4. The molecule has 0 radical (unpaired) electrons. The minimum absolute atomic E-state index is 0.125. The first kappa shape index (κ1) is 7.85. The minimum Gasteiger partial charge on any atom is -0.481 e. The molecule has 2 N–H and O–H groups in total. The maximum Gasteiger partial charge on any atom is 0.303 e. The Morgan fingerprint density at radius 1 is 1.69 bits per heavy atom. The van der Waals surface area contributed by atoms with Gasteiger partial charge in [-0.25, -0.2) is 9.50 Å². The van der Waals surface area contributed by atoms with E-state index in [0.29, 0.717) is 6.42 Å². The molecule has 0 saturated carbocycles. The molecule has 0 aliphatic rings. The Bertz CT molecular complexity index is 401. The zero-order valence-electron chi connectivity index (χ0n) is 6.90. The van der Waals surface area contributed by atoms with Crippen molar-refractivity contribution in [2.45, 2.75) is 12.8 Å². The van der Waals surface area contributed by atoms with Crippen molar-refractivity contribution in [1.82, 2.24) is 14.6 Å². The average molecular weight is 179 g/mol. The number of carboxylic acid groups (broad SMARTS) is 1. The highest BCUT2D eigenvalue weighted by Crippen LogP contribution is 2.05. The molecule has 2 rings (SSSR count). The summed E-state index contributed by atoms with van der Waals surface area (Å²) in [6.07, 6.45) is 4.19. The van der Waals surface area contributed by atoms with Gasteiger partial charge >= 0.3 is 5.97 Å². The number of hydrogen-bond donors (Lipinski definition) is 2. The number of carbonyl (C=O) groups is 1. The van der Waals surface area contributed by atoms with Gasteiger partial charge in [-0.1, -0.05) is 0 Å². The number of carboxylic acids is 1. The molecule has 68 valence electrons. The summed E-state index contributed by atoms with van der Waals surface area (Å²) in [7, 11) is 0. The van der Waals surface area contributed by atoms with Crippen LogP contribution in [0, 0.1) is 0 Å². The minimum atomic E-state index is -0.795. The van der Waals surface area contributed by atoms with Crippen molar-refractivity contribution < 1.29 is 9.90 Å². The lowest BCUT2D eigenvalue weighted by Gasteiger charge is -1.89.